The minimum absolute atomic E-state index is 0.0115. The highest BCUT2D eigenvalue weighted by Gasteiger charge is 2.26. The summed E-state index contributed by atoms with van der Waals surface area (Å²) in [5.74, 6) is 2.27. The van der Waals surface area contributed by atoms with Gasteiger partial charge in [-0.1, -0.05) is 12.1 Å². The van der Waals surface area contributed by atoms with Crippen molar-refractivity contribution in [1.82, 2.24) is 10.2 Å². The molecule has 2 amide bonds. The molecule has 1 N–H and O–H groups in total. The number of rotatable bonds is 6. The van der Waals surface area contributed by atoms with Crippen LogP contribution in [0, 0.1) is 5.92 Å². The van der Waals surface area contributed by atoms with Gasteiger partial charge < -0.3 is 24.4 Å². The van der Waals surface area contributed by atoms with Crippen molar-refractivity contribution in [2.45, 2.75) is 19.3 Å². The number of ether oxygens (including phenoxy) is 3. The number of carbonyl (C=O) groups excluding carboxylic acids is 2. The van der Waals surface area contributed by atoms with Gasteiger partial charge in [-0.15, -0.1) is 0 Å². The third kappa shape index (κ3) is 4.67. The van der Waals surface area contributed by atoms with E-state index < -0.39 is 0 Å². The first-order chi connectivity index (χ1) is 14.6. The Morgan fingerprint density at radius 1 is 1.13 bits per heavy atom. The normalized spacial score (nSPS) is 17.5. The molecule has 1 unspecified atom stereocenters. The van der Waals surface area contributed by atoms with Gasteiger partial charge in [-0.05, 0) is 54.7 Å². The maximum absolute atomic E-state index is 12.9. The smallest absolute Gasteiger partial charge is 0.254 e. The molecule has 0 saturated carbocycles. The molecule has 2 aliphatic rings. The summed E-state index contributed by atoms with van der Waals surface area (Å²) in [6.07, 6.45) is 2.25. The minimum atomic E-state index is -0.0145. The zero-order valence-corrected chi connectivity index (χ0v) is 17.1. The van der Waals surface area contributed by atoms with Crippen molar-refractivity contribution in [1.29, 1.82) is 0 Å². The molecule has 0 bridgehead atoms. The van der Waals surface area contributed by atoms with E-state index in [1.807, 2.05) is 29.2 Å². The molecule has 0 radical (unpaired) electrons. The SMILES string of the molecule is COc1ccc(CC(=O)NCC2CCCN(C(=O)c3ccc4c(c3)OCO4)C2)cc1. The molecule has 30 heavy (non-hydrogen) atoms. The standard InChI is InChI=1S/C23H26N2O5/c1-28-19-7-4-16(5-8-19)11-22(26)24-13-17-3-2-10-25(14-17)23(27)18-6-9-20-21(12-18)30-15-29-20/h4-9,12,17H,2-3,10-11,13-15H2,1H3,(H,24,26). The van der Waals surface area contributed by atoms with Crippen molar-refractivity contribution < 1.29 is 23.8 Å². The molecule has 7 heteroatoms. The summed E-state index contributed by atoms with van der Waals surface area (Å²) >= 11 is 0. The summed E-state index contributed by atoms with van der Waals surface area (Å²) in [6.45, 7) is 2.12. The molecule has 2 aromatic carbocycles. The van der Waals surface area contributed by atoms with E-state index >= 15 is 0 Å². The Balaban J connectivity index is 1.28. The van der Waals surface area contributed by atoms with E-state index in [-0.39, 0.29) is 24.5 Å². The van der Waals surface area contributed by atoms with Gasteiger partial charge in [0.05, 0.1) is 13.5 Å². The van der Waals surface area contributed by atoms with Crippen LogP contribution in [0.2, 0.25) is 0 Å². The van der Waals surface area contributed by atoms with Crippen molar-refractivity contribution >= 4 is 11.8 Å². The Labute approximate surface area is 175 Å². The molecular weight excluding hydrogens is 384 g/mol. The first-order valence-corrected chi connectivity index (χ1v) is 10.2. The number of hydrogen-bond acceptors (Lipinski definition) is 5. The maximum Gasteiger partial charge on any atom is 0.254 e. The van der Waals surface area contributed by atoms with E-state index in [1.54, 1.807) is 25.3 Å². The van der Waals surface area contributed by atoms with Crippen molar-refractivity contribution in [3.63, 3.8) is 0 Å². The van der Waals surface area contributed by atoms with Crippen LogP contribution in [-0.4, -0.2) is 50.3 Å². The number of piperidine rings is 1. The predicted octanol–water partition coefficient (Wildman–Crippen LogP) is 2.64. The van der Waals surface area contributed by atoms with Gasteiger partial charge in [-0.2, -0.15) is 0 Å². The lowest BCUT2D eigenvalue weighted by Gasteiger charge is -2.33. The van der Waals surface area contributed by atoms with E-state index in [0.717, 1.165) is 30.7 Å². The third-order valence-corrected chi connectivity index (χ3v) is 5.54. The largest absolute Gasteiger partial charge is 0.497 e. The summed E-state index contributed by atoms with van der Waals surface area (Å²) in [7, 11) is 1.62. The molecule has 2 heterocycles. The van der Waals surface area contributed by atoms with Crippen LogP contribution in [0.3, 0.4) is 0 Å². The average molecular weight is 410 g/mol. The average Bonchev–Trinajstić information content (AvgIpc) is 3.26. The maximum atomic E-state index is 12.9. The van der Waals surface area contributed by atoms with Crippen LogP contribution in [0.5, 0.6) is 17.2 Å². The van der Waals surface area contributed by atoms with Crippen molar-refractivity contribution in [2.75, 3.05) is 33.5 Å². The molecule has 158 valence electrons. The molecule has 0 spiro atoms. The topological polar surface area (TPSA) is 77.1 Å². The fourth-order valence-electron chi connectivity index (χ4n) is 3.88. The molecule has 0 aromatic heterocycles. The van der Waals surface area contributed by atoms with Crippen molar-refractivity contribution in [3.8, 4) is 17.2 Å². The number of methoxy groups -OCH3 is 1. The van der Waals surface area contributed by atoms with Crippen LogP contribution >= 0.6 is 0 Å². The molecule has 7 nitrogen and oxygen atoms in total. The molecule has 2 aliphatic heterocycles. The highest BCUT2D eigenvalue weighted by Crippen LogP contribution is 2.33. The fourth-order valence-corrected chi connectivity index (χ4v) is 3.88. The van der Waals surface area contributed by atoms with Crippen LogP contribution < -0.4 is 19.5 Å². The first-order valence-electron chi connectivity index (χ1n) is 10.2. The number of hydrogen-bond donors (Lipinski definition) is 1. The van der Waals surface area contributed by atoms with Gasteiger partial charge in [0.15, 0.2) is 11.5 Å². The zero-order valence-electron chi connectivity index (χ0n) is 17.1. The van der Waals surface area contributed by atoms with Crippen LogP contribution in [0.4, 0.5) is 0 Å². The number of likely N-dealkylation sites (tertiary alicyclic amines) is 1. The number of nitrogens with zero attached hydrogens (tertiary/aromatic N) is 1. The number of amides is 2. The molecule has 1 fully saturated rings. The Hall–Kier alpha value is -3.22. The van der Waals surface area contributed by atoms with Crippen LogP contribution in [-0.2, 0) is 11.2 Å². The Kier molecular flexibility index (Phi) is 6.07. The lowest BCUT2D eigenvalue weighted by Crippen LogP contribution is -2.43. The highest BCUT2D eigenvalue weighted by molar-refractivity contribution is 5.95. The second-order valence-corrected chi connectivity index (χ2v) is 7.66. The van der Waals surface area contributed by atoms with Gasteiger partial charge in [0, 0.05) is 25.2 Å². The summed E-state index contributed by atoms with van der Waals surface area (Å²) in [5.41, 5.74) is 1.54. The Bertz CT molecular complexity index is 912. The van der Waals surface area contributed by atoms with Gasteiger partial charge in [-0.3, -0.25) is 9.59 Å². The first kappa shape index (κ1) is 20.1. The van der Waals surface area contributed by atoms with E-state index in [2.05, 4.69) is 5.32 Å². The minimum Gasteiger partial charge on any atom is -0.497 e. The van der Waals surface area contributed by atoms with Gasteiger partial charge in [-0.25, -0.2) is 0 Å². The van der Waals surface area contributed by atoms with Crippen LogP contribution in [0.1, 0.15) is 28.8 Å². The molecule has 1 saturated heterocycles. The van der Waals surface area contributed by atoms with Gasteiger partial charge in [0.1, 0.15) is 5.75 Å². The fraction of sp³-hybridized carbons (Fsp3) is 0.391. The van der Waals surface area contributed by atoms with E-state index in [9.17, 15) is 9.59 Å². The molecular formula is C23H26N2O5. The second-order valence-electron chi connectivity index (χ2n) is 7.66. The van der Waals surface area contributed by atoms with Crippen LogP contribution in [0.25, 0.3) is 0 Å². The Morgan fingerprint density at radius 2 is 1.93 bits per heavy atom. The van der Waals surface area contributed by atoms with E-state index in [0.29, 0.717) is 36.6 Å². The number of carbonyl (C=O) groups is 2. The number of benzene rings is 2. The second kappa shape index (κ2) is 9.07. The summed E-state index contributed by atoms with van der Waals surface area (Å²) in [5, 5.41) is 3.02. The molecule has 4 rings (SSSR count). The Morgan fingerprint density at radius 3 is 2.73 bits per heavy atom. The van der Waals surface area contributed by atoms with Gasteiger partial charge >= 0.3 is 0 Å². The molecule has 0 aliphatic carbocycles. The van der Waals surface area contributed by atoms with E-state index in [1.165, 1.54) is 0 Å². The van der Waals surface area contributed by atoms with Gasteiger partial charge in [0.25, 0.3) is 5.91 Å². The highest BCUT2D eigenvalue weighted by atomic mass is 16.7. The van der Waals surface area contributed by atoms with Gasteiger partial charge in [0.2, 0.25) is 12.7 Å². The molecule has 2 aromatic rings. The summed E-state index contributed by atoms with van der Waals surface area (Å²) in [6, 6.07) is 12.8. The third-order valence-electron chi connectivity index (χ3n) is 5.54. The van der Waals surface area contributed by atoms with E-state index in [4.69, 9.17) is 14.2 Å². The number of nitrogens with one attached hydrogen (secondary N) is 1. The van der Waals surface area contributed by atoms with Crippen molar-refractivity contribution in [2.24, 2.45) is 5.92 Å². The monoisotopic (exact) mass is 410 g/mol. The summed E-state index contributed by atoms with van der Waals surface area (Å²) < 4.78 is 15.8. The summed E-state index contributed by atoms with van der Waals surface area (Å²) in [4.78, 5) is 27.1. The zero-order chi connectivity index (χ0) is 20.9. The lowest BCUT2D eigenvalue weighted by atomic mass is 9.97. The predicted molar refractivity (Wildman–Crippen MR) is 111 cm³/mol. The number of fused-ring (bicyclic) bond motifs is 1. The quantitative estimate of drug-likeness (QED) is 0.792. The lowest BCUT2D eigenvalue weighted by molar-refractivity contribution is -0.120. The van der Waals surface area contributed by atoms with Crippen molar-refractivity contribution in [3.05, 3.63) is 53.6 Å². The van der Waals surface area contributed by atoms with Crippen LogP contribution in [0.15, 0.2) is 42.5 Å². The molecule has 1 atom stereocenters.